The van der Waals surface area contributed by atoms with Gasteiger partial charge in [0.05, 0.1) is 108 Å². The Morgan fingerprint density at radius 3 is 0.765 bits per heavy atom. The highest BCUT2D eigenvalue weighted by Gasteiger charge is 2.25. The Morgan fingerprint density at radius 1 is 0.189 bits per heavy atom. The Labute approximate surface area is 759 Å². The third-order valence-corrected chi connectivity index (χ3v) is 25.8. The van der Waals surface area contributed by atoms with Crippen molar-refractivity contribution in [2.45, 2.75) is 0 Å². The Kier molecular flexibility index (Phi) is 18.5. The van der Waals surface area contributed by atoms with Crippen molar-refractivity contribution in [2.75, 3.05) is 0 Å². The number of para-hydroxylation sites is 4. The lowest BCUT2D eigenvalue weighted by Gasteiger charge is -2.15. The number of rotatable bonds is 15. The number of hydrogen-bond donors (Lipinski definition) is 0. The van der Waals surface area contributed by atoms with E-state index in [0.29, 0.717) is 34.3 Å². The summed E-state index contributed by atoms with van der Waals surface area (Å²) in [6.07, 6.45) is 0. The molecule has 6 aromatic heterocycles. The third kappa shape index (κ3) is 13.4. The summed E-state index contributed by atoms with van der Waals surface area (Å²) in [7, 11) is 0. The summed E-state index contributed by atoms with van der Waals surface area (Å²) in [5.41, 5.74) is 34.3. The predicted molar refractivity (Wildman–Crippen MR) is 535 cm³/mol. The van der Waals surface area contributed by atoms with Gasteiger partial charge in [0.15, 0.2) is 5.69 Å². The lowest BCUT2D eigenvalue weighted by Crippen LogP contribution is -2.04. The normalized spacial score (nSPS) is 11.5. The van der Waals surface area contributed by atoms with Crippen molar-refractivity contribution >= 4 is 92.9 Å². The van der Waals surface area contributed by atoms with Crippen LogP contribution in [-0.4, -0.2) is 38.2 Å². The van der Waals surface area contributed by atoms with E-state index >= 15 is 0 Å². The van der Waals surface area contributed by atoms with Crippen molar-refractivity contribution in [3.8, 4) is 164 Å². The van der Waals surface area contributed by atoms with E-state index in [1.807, 2.05) is 109 Å². The number of nitrogens with zero attached hydrogens (tertiary/aromatic N) is 12. The maximum Gasteiger partial charge on any atom is 0.235 e. The topological polar surface area (TPSA) is 147 Å². The molecule has 0 spiro atoms. The van der Waals surface area contributed by atoms with Gasteiger partial charge in [0.25, 0.3) is 0 Å². The molecule has 12 nitrogen and oxygen atoms in total. The summed E-state index contributed by atoms with van der Waals surface area (Å²) in [4.78, 5) is 25.0. The van der Waals surface area contributed by atoms with Crippen LogP contribution in [0, 0.1) is 40.6 Å². The van der Waals surface area contributed by atoms with Gasteiger partial charge in [-0.25, -0.2) is 24.8 Å². The summed E-state index contributed by atoms with van der Waals surface area (Å²) < 4.78 is 9.16. The van der Waals surface area contributed by atoms with Crippen LogP contribution in [0.25, 0.3) is 238 Å². The molecule has 0 aliphatic rings. The Balaban J connectivity index is 0.560. The van der Waals surface area contributed by atoms with E-state index in [2.05, 4.69) is 357 Å². The molecule has 0 aliphatic carbocycles. The molecule has 0 bridgehead atoms. The fourth-order valence-electron chi connectivity index (χ4n) is 19.2. The average molecular weight is 1680 g/mol. The van der Waals surface area contributed by atoms with Crippen LogP contribution in [0.3, 0.4) is 0 Å². The zero-order chi connectivity index (χ0) is 88.0. The van der Waals surface area contributed by atoms with Gasteiger partial charge in [-0.1, -0.05) is 261 Å². The van der Waals surface area contributed by atoms with Crippen LogP contribution < -0.4 is 0 Å². The lowest BCUT2D eigenvalue weighted by atomic mass is 9.93. The number of fused-ring (bicyclic) bond motifs is 12. The highest BCUT2D eigenvalue weighted by atomic mass is 15.2. The molecular weight excluding hydrogens is 1610 g/mol. The predicted octanol–water partition coefficient (Wildman–Crippen LogP) is 30.2. The first-order chi connectivity index (χ1) is 65.2. The minimum absolute atomic E-state index is 0.523. The summed E-state index contributed by atoms with van der Waals surface area (Å²) in [6.45, 7) is 7.46. The molecule has 0 N–H and O–H groups in total. The van der Waals surface area contributed by atoms with Crippen molar-refractivity contribution in [3.63, 3.8) is 0 Å². The maximum absolute atomic E-state index is 9.78. The molecule has 0 radical (unpaired) electrons. The van der Waals surface area contributed by atoms with Gasteiger partial charge in [-0.2, -0.15) is 15.8 Å². The fraction of sp³-hybridized carbons (Fsp3) is 0. The number of hydrogen-bond acceptors (Lipinski definition) is 7. The molecule has 12 heteroatoms. The van der Waals surface area contributed by atoms with Crippen LogP contribution in [0.4, 0.5) is 5.69 Å². The number of aromatic nitrogens is 8. The quantitative estimate of drug-likeness (QED) is 0.0928. The van der Waals surface area contributed by atoms with E-state index in [4.69, 9.17) is 26.5 Å². The van der Waals surface area contributed by atoms with Gasteiger partial charge in [-0.15, -0.1) is 0 Å². The van der Waals surface area contributed by atoms with Gasteiger partial charge in [0.2, 0.25) is 11.9 Å². The summed E-state index contributed by atoms with van der Waals surface area (Å²) in [5, 5.41) is 37.9. The zero-order valence-corrected chi connectivity index (χ0v) is 70.8. The molecule has 610 valence electrons. The second-order valence-electron chi connectivity index (χ2n) is 33.4. The molecule has 0 saturated carbocycles. The van der Waals surface area contributed by atoms with E-state index in [-0.39, 0.29) is 0 Å². The SMILES string of the molecule is [C-]#[N+]c1ccc(-c2ccc(-c3cc(-c4ccc(C#N)cc4)nc(-n4c5ccccc5c5cc(-c6ccc7c(c6)c6ccccc6n7-c6cccc(-c7cc(-c8ccccc8)cc(-c8cccc(-n9c%10ccccc%10c%10cc(-c%11ccc%12c(c%11)c%11ccccc%11n%12-c%11nc(-c%12ccc(C#N)cc%12)cc(-c%12ccc(-c%13ccc(C#N)cc%13)cc%12)n%11)ccc%109)c8)c7)c6)ccc54)n3)cc2)cc1. The summed E-state index contributed by atoms with van der Waals surface area (Å²) >= 11 is 0. The smallest absolute Gasteiger partial charge is 0.235 e. The molecule has 24 rings (SSSR count). The lowest BCUT2D eigenvalue weighted by molar-refractivity contribution is 0.995. The molecule has 0 unspecified atom stereocenters. The van der Waals surface area contributed by atoms with Crippen molar-refractivity contribution in [1.29, 1.82) is 15.8 Å². The highest BCUT2D eigenvalue weighted by Crippen LogP contribution is 2.45. The van der Waals surface area contributed by atoms with Crippen LogP contribution >= 0.6 is 0 Å². The standard InChI is InChI=1S/C120H70N12/c1-124-96-55-49-82(50-56-96)81-43-47-86(48-44-81)110-71-108(84-39-33-77(74-123)34-40-84)126-120(128-110)132-114-28-12-8-24-102(114)106-69-92(54-60-118(106)132)90-52-58-116-104(67-90)100-22-6-10-26-112(100)130(116)98-20-14-18-88(65-98)95-62-93(78-15-3-2-4-16-78)61-94(63-95)87-17-13-19-97(64-87)129-111-25-9-5-21-99(111)103-66-89(51-57-115(103)129)91-53-59-117-105(68-91)101-23-7-11-27-113(101)131(117)119-125-107(83-37-31-76(73-122)32-38-83)70-109(127-119)85-45-41-80(42-46-85)79-35-29-75(72-121)30-36-79/h2-71H. The van der Waals surface area contributed by atoms with E-state index in [0.717, 1.165) is 222 Å². The number of benzene rings is 18. The Hall–Kier alpha value is -18.7. The third-order valence-electron chi connectivity index (χ3n) is 25.8. The van der Waals surface area contributed by atoms with Gasteiger partial charge < -0.3 is 9.13 Å². The summed E-state index contributed by atoms with van der Waals surface area (Å²) in [6, 6.07) is 155. The van der Waals surface area contributed by atoms with E-state index in [1.54, 1.807) is 0 Å². The van der Waals surface area contributed by atoms with Gasteiger partial charge in [0, 0.05) is 76.7 Å². The van der Waals surface area contributed by atoms with Crippen molar-refractivity contribution < 1.29 is 0 Å². The van der Waals surface area contributed by atoms with Crippen LogP contribution in [0.1, 0.15) is 16.7 Å². The minimum atomic E-state index is 0.523. The molecule has 0 amide bonds. The van der Waals surface area contributed by atoms with E-state index in [9.17, 15) is 15.8 Å². The van der Waals surface area contributed by atoms with Crippen molar-refractivity contribution in [1.82, 2.24) is 38.2 Å². The zero-order valence-electron chi connectivity index (χ0n) is 70.8. The minimum Gasteiger partial charge on any atom is -0.309 e. The molecule has 132 heavy (non-hydrogen) atoms. The van der Waals surface area contributed by atoms with Gasteiger partial charge >= 0.3 is 0 Å². The van der Waals surface area contributed by atoms with E-state index < -0.39 is 0 Å². The van der Waals surface area contributed by atoms with Crippen molar-refractivity contribution in [3.05, 3.63) is 453 Å². The first kappa shape index (κ1) is 76.9. The molecule has 0 atom stereocenters. The molecular formula is C120H70N12. The van der Waals surface area contributed by atoms with Crippen LogP contribution in [0.15, 0.2) is 425 Å². The summed E-state index contributed by atoms with van der Waals surface area (Å²) in [5.74, 6) is 1.05. The van der Waals surface area contributed by atoms with Crippen molar-refractivity contribution in [2.24, 2.45) is 0 Å². The molecule has 0 fully saturated rings. The van der Waals surface area contributed by atoms with E-state index in [1.165, 1.54) is 0 Å². The van der Waals surface area contributed by atoms with Gasteiger partial charge in [-0.3, -0.25) is 9.13 Å². The molecule has 18 aromatic carbocycles. The number of nitriles is 3. The van der Waals surface area contributed by atoms with Crippen LogP contribution in [-0.2, 0) is 0 Å². The van der Waals surface area contributed by atoms with Gasteiger partial charge in [0.1, 0.15) is 0 Å². The molecule has 6 heterocycles. The molecule has 0 saturated heterocycles. The second kappa shape index (κ2) is 31.7. The Bertz CT molecular complexity index is 8520. The first-order valence-electron chi connectivity index (χ1n) is 43.7. The van der Waals surface area contributed by atoms with Crippen LogP contribution in [0.5, 0.6) is 0 Å². The first-order valence-corrected chi connectivity index (χ1v) is 43.7. The molecule has 24 aromatic rings. The van der Waals surface area contributed by atoms with Crippen LogP contribution in [0.2, 0.25) is 0 Å². The largest absolute Gasteiger partial charge is 0.309 e. The highest BCUT2D eigenvalue weighted by molar-refractivity contribution is 6.15. The molecule has 0 aliphatic heterocycles. The average Bonchev–Trinajstić information content (AvgIpc) is 1.59. The maximum atomic E-state index is 9.78. The monoisotopic (exact) mass is 1680 g/mol. The van der Waals surface area contributed by atoms with Gasteiger partial charge in [-0.05, 0) is 242 Å². The second-order valence-corrected chi connectivity index (χ2v) is 33.4. The Morgan fingerprint density at radius 2 is 0.432 bits per heavy atom. The fourth-order valence-corrected chi connectivity index (χ4v) is 19.2.